The van der Waals surface area contributed by atoms with Crippen LogP contribution in [0.3, 0.4) is 0 Å². The molecule has 3 nitrogen and oxygen atoms in total. The Morgan fingerprint density at radius 3 is 1.91 bits per heavy atom. The van der Waals surface area contributed by atoms with Crippen LogP contribution < -0.4 is 0 Å². The predicted molar refractivity (Wildman–Crippen MR) is 41.1 cm³/mol. The molecular weight excluding hydrogens is 144 g/mol. The molecule has 1 fully saturated rings. The summed E-state index contributed by atoms with van der Waals surface area (Å²) in [5.41, 5.74) is 0. The van der Waals surface area contributed by atoms with Crippen LogP contribution in [0.2, 0.25) is 0 Å². The number of hydrogen-bond donors (Lipinski definition) is 0. The smallest absolute Gasteiger partial charge is 0.272 e. The summed E-state index contributed by atoms with van der Waals surface area (Å²) >= 11 is 0. The fourth-order valence-electron chi connectivity index (χ4n) is 0.890. The molecule has 66 valence electrons. The Balaban J connectivity index is 2.29. The lowest BCUT2D eigenvalue weighted by molar-refractivity contribution is -0.255. The molecule has 1 saturated heterocycles. The van der Waals surface area contributed by atoms with Crippen molar-refractivity contribution < 1.29 is 14.2 Å². The Bertz CT molecular complexity index is 112. The lowest BCUT2D eigenvalue weighted by Gasteiger charge is -2.13. The first-order valence-electron chi connectivity index (χ1n) is 4.06. The van der Waals surface area contributed by atoms with Gasteiger partial charge in [-0.05, 0) is 27.7 Å². The van der Waals surface area contributed by atoms with Gasteiger partial charge in [0.15, 0.2) is 0 Å². The average Bonchev–Trinajstić information content (AvgIpc) is 2.10. The Morgan fingerprint density at radius 1 is 1.09 bits per heavy atom. The fourth-order valence-corrected chi connectivity index (χ4v) is 0.890. The third-order valence-corrected chi connectivity index (χ3v) is 1.70. The minimum atomic E-state index is -0.458. The van der Waals surface area contributed by atoms with E-state index in [1.807, 2.05) is 27.7 Å². The van der Waals surface area contributed by atoms with Gasteiger partial charge >= 0.3 is 0 Å². The minimum Gasteiger partial charge on any atom is -0.327 e. The van der Waals surface area contributed by atoms with Crippen LogP contribution in [0.1, 0.15) is 27.7 Å². The van der Waals surface area contributed by atoms with E-state index < -0.39 is 6.48 Å². The lowest BCUT2D eigenvalue weighted by atomic mass is 10.3. The molecule has 11 heavy (non-hydrogen) atoms. The SMILES string of the molecule is CC(C)OC1OC(C)C(C)O1. The van der Waals surface area contributed by atoms with Gasteiger partial charge in [-0.25, -0.2) is 0 Å². The van der Waals surface area contributed by atoms with E-state index >= 15 is 0 Å². The highest BCUT2D eigenvalue weighted by Gasteiger charge is 2.30. The molecule has 0 saturated carbocycles. The van der Waals surface area contributed by atoms with Crippen molar-refractivity contribution in [1.29, 1.82) is 0 Å². The van der Waals surface area contributed by atoms with Crippen molar-refractivity contribution in [2.75, 3.05) is 0 Å². The fraction of sp³-hybridized carbons (Fsp3) is 1.00. The normalized spacial score (nSPS) is 38.5. The third-order valence-electron chi connectivity index (χ3n) is 1.70. The molecular formula is C8H16O3. The van der Waals surface area contributed by atoms with Crippen LogP contribution in [0.25, 0.3) is 0 Å². The second-order valence-electron chi connectivity index (χ2n) is 3.16. The average molecular weight is 160 g/mol. The first kappa shape index (κ1) is 8.97. The van der Waals surface area contributed by atoms with E-state index in [0.29, 0.717) is 0 Å². The highest BCUT2D eigenvalue weighted by molar-refractivity contribution is 4.65. The Labute approximate surface area is 67.6 Å². The van der Waals surface area contributed by atoms with Gasteiger partial charge in [-0.2, -0.15) is 0 Å². The molecule has 2 atom stereocenters. The summed E-state index contributed by atoms with van der Waals surface area (Å²) in [5, 5.41) is 0. The monoisotopic (exact) mass is 160 g/mol. The number of ether oxygens (including phenoxy) is 3. The van der Waals surface area contributed by atoms with E-state index in [0.717, 1.165) is 0 Å². The standard InChI is InChI=1S/C8H16O3/c1-5(2)9-8-10-6(3)7(4)11-8/h5-8H,1-4H3. The zero-order chi connectivity index (χ0) is 8.43. The summed E-state index contributed by atoms with van der Waals surface area (Å²) in [6.45, 7) is 7.42. The molecule has 0 radical (unpaired) electrons. The van der Waals surface area contributed by atoms with Crippen LogP contribution in [-0.4, -0.2) is 24.8 Å². The molecule has 1 rings (SSSR count). The van der Waals surface area contributed by atoms with Crippen molar-refractivity contribution in [3.8, 4) is 0 Å². The summed E-state index contributed by atoms with van der Waals surface area (Å²) in [7, 11) is 0. The first-order valence-corrected chi connectivity index (χ1v) is 4.06. The molecule has 0 aromatic rings. The van der Waals surface area contributed by atoms with Crippen molar-refractivity contribution in [2.45, 2.75) is 52.5 Å². The minimum absolute atomic E-state index is 0.138. The first-order chi connectivity index (χ1) is 5.09. The van der Waals surface area contributed by atoms with Crippen LogP contribution in [0.15, 0.2) is 0 Å². The van der Waals surface area contributed by atoms with Gasteiger partial charge in [0.25, 0.3) is 6.48 Å². The van der Waals surface area contributed by atoms with Gasteiger partial charge < -0.3 is 14.2 Å². The van der Waals surface area contributed by atoms with Gasteiger partial charge in [-0.15, -0.1) is 0 Å². The van der Waals surface area contributed by atoms with Crippen molar-refractivity contribution in [1.82, 2.24) is 0 Å². The van der Waals surface area contributed by atoms with E-state index in [9.17, 15) is 0 Å². The molecule has 0 N–H and O–H groups in total. The van der Waals surface area contributed by atoms with Crippen molar-refractivity contribution in [3.05, 3.63) is 0 Å². The molecule has 1 aliphatic rings. The lowest BCUT2D eigenvalue weighted by Crippen LogP contribution is -2.18. The van der Waals surface area contributed by atoms with E-state index in [1.165, 1.54) is 0 Å². The highest BCUT2D eigenvalue weighted by atomic mass is 16.9. The van der Waals surface area contributed by atoms with Gasteiger partial charge in [-0.3, -0.25) is 0 Å². The van der Waals surface area contributed by atoms with Crippen LogP contribution in [0.5, 0.6) is 0 Å². The van der Waals surface area contributed by atoms with Crippen molar-refractivity contribution in [2.24, 2.45) is 0 Å². The topological polar surface area (TPSA) is 27.7 Å². The molecule has 3 heteroatoms. The Hall–Kier alpha value is -0.120. The number of hydrogen-bond acceptors (Lipinski definition) is 3. The van der Waals surface area contributed by atoms with Gasteiger partial charge in [0.2, 0.25) is 0 Å². The Morgan fingerprint density at radius 2 is 1.55 bits per heavy atom. The van der Waals surface area contributed by atoms with E-state index in [4.69, 9.17) is 14.2 Å². The summed E-state index contributed by atoms with van der Waals surface area (Å²) in [6.07, 6.45) is 0.426. The van der Waals surface area contributed by atoms with Crippen LogP contribution in [0, 0.1) is 0 Å². The Kier molecular flexibility index (Phi) is 2.87. The molecule has 2 unspecified atom stereocenters. The van der Waals surface area contributed by atoms with Gasteiger partial charge in [0, 0.05) is 0 Å². The van der Waals surface area contributed by atoms with Crippen LogP contribution >= 0.6 is 0 Å². The molecule has 1 heterocycles. The van der Waals surface area contributed by atoms with E-state index in [1.54, 1.807) is 0 Å². The van der Waals surface area contributed by atoms with Crippen molar-refractivity contribution in [3.63, 3.8) is 0 Å². The predicted octanol–water partition coefficient (Wildman–Crippen LogP) is 1.52. The van der Waals surface area contributed by atoms with E-state index in [-0.39, 0.29) is 18.3 Å². The van der Waals surface area contributed by atoms with Gasteiger partial charge in [-0.1, -0.05) is 0 Å². The molecule has 1 aliphatic heterocycles. The molecule has 0 bridgehead atoms. The molecule has 0 amide bonds. The van der Waals surface area contributed by atoms with Gasteiger partial charge in [0.1, 0.15) is 0 Å². The summed E-state index contributed by atoms with van der Waals surface area (Å²) in [4.78, 5) is 0. The third kappa shape index (κ3) is 2.43. The van der Waals surface area contributed by atoms with Crippen LogP contribution in [0.4, 0.5) is 0 Å². The molecule has 0 aromatic carbocycles. The zero-order valence-corrected chi connectivity index (χ0v) is 7.53. The molecule has 0 aliphatic carbocycles. The quantitative estimate of drug-likeness (QED) is 0.613. The van der Waals surface area contributed by atoms with E-state index in [2.05, 4.69) is 0 Å². The van der Waals surface area contributed by atoms with Crippen LogP contribution in [-0.2, 0) is 14.2 Å². The second-order valence-corrected chi connectivity index (χ2v) is 3.16. The summed E-state index contributed by atoms with van der Waals surface area (Å²) < 4.78 is 16.0. The number of rotatable bonds is 2. The maximum absolute atomic E-state index is 5.34. The zero-order valence-electron chi connectivity index (χ0n) is 7.53. The summed E-state index contributed by atoms with van der Waals surface area (Å²) in [5.74, 6) is 0. The summed E-state index contributed by atoms with van der Waals surface area (Å²) in [6, 6.07) is 0. The largest absolute Gasteiger partial charge is 0.327 e. The molecule has 0 spiro atoms. The van der Waals surface area contributed by atoms with Gasteiger partial charge in [0.05, 0.1) is 18.3 Å². The maximum Gasteiger partial charge on any atom is 0.272 e. The van der Waals surface area contributed by atoms with Crippen molar-refractivity contribution >= 4 is 0 Å². The molecule has 0 aromatic heterocycles. The maximum atomic E-state index is 5.34. The highest BCUT2D eigenvalue weighted by Crippen LogP contribution is 2.19. The second kappa shape index (κ2) is 3.52.